The SMILES string of the molecule is CCCCC1CCC(C(=O)NCCCCN2CCCCC2)CC1. The molecule has 1 aliphatic carbocycles. The second-order valence-electron chi connectivity index (χ2n) is 7.76. The molecule has 0 bridgehead atoms. The zero-order chi connectivity index (χ0) is 16.3. The summed E-state index contributed by atoms with van der Waals surface area (Å²) >= 11 is 0. The Morgan fingerprint density at radius 1 is 1.00 bits per heavy atom. The Morgan fingerprint density at radius 2 is 1.74 bits per heavy atom. The Labute approximate surface area is 143 Å². The fraction of sp³-hybridized carbons (Fsp3) is 0.950. The van der Waals surface area contributed by atoms with Gasteiger partial charge in [-0.25, -0.2) is 0 Å². The van der Waals surface area contributed by atoms with Crippen LogP contribution in [0, 0.1) is 11.8 Å². The van der Waals surface area contributed by atoms with Crippen molar-refractivity contribution in [1.29, 1.82) is 0 Å². The molecule has 0 aromatic carbocycles. The molecule has 0 aromatic rings. The van der Waals surface area contributed by atoms with Crippen LogP contribution in [0.2, 0.25) is 0 Å². The molecule has 1 saturated heterocycles. The molecule has 1 amide bonds. The summed E-state index contributed by atoms with van der Waals surface area (Å²) in [4.78, 5) is 14.8. The first-order chi connectivity index (χ1) is 11.3. The molecule has 1 heterocycles. The van der Waals surface area contributed by atoms with Crippen LogP contribution in [0.3, 0.4) is 0 Å². The Balaban J connectivity index is 1.48. The zero-order valence-electron chi connectivity index (χ0n) is 15.3. The van der Waals surface area contributed by atoms with Crippen molar-refractivity contribution in [2.75, 3.05) is 26.2 Å². The van der Waals surface area contributed by atoms with Crippen LogP contribution >= 0.6 is 0 Å². The predicted molar refractivity (Wildman–Crippen MR) is 97.5 cm³/mol. The van der Waals surface area contributed by atoms with Gasteiger partial charge >= 0.3 is 0 Å². The van der Waals surface area contributed by atoms with E-state index in [1.54, 1.807) is 0 Å². The molecule has 134 valence electrons. The van der Waals surface area contributed by atoms with E-state index in [2.05, 4.69) is 17.1 Å². The third-order valence-corrected chi connectivity index (χ3v) is 5.83. The van der Waals surface area contributed by atoms with E-state index in [4.69, 9.17) is 0 Å². The number of nitrogens with zero attached hydrogens (tertiary/aromatic N) is 1. The highest BCUT2D eigenvalue weighted by atomic mass is 16.1. The first kappa shape index (κ1) is 18.8. The van der Waals surface area contributed by atoms with E-state index in [-0.39, 0.29) is 0 Å². The van der Waals surface area contributed by atoms with Gasteiger partial charge in [0.2, 0.25) is 5.91 Å². The van der Waals surface area contributed by atoms with Gasteiger partial charge in [0, 0.05) is 12.5 Å². The Morgan fingerprint density at radius 3 is 2.43 bits per heavy atom. The van der Waals surface area contributed by atoms with Crippen molar-refractivity contribution in [1.82, 2.24) is 10.2 Å². The van der Waals surface area contributed by atoms with Gasteiger partial charge in [0.05, 0.1) is 0 Å². The van der Waals surface area contributed by atoms with E-state index in [9.17, 15) is 4.79 Å². The molecular formula is C20H38N2O. The average Bonchev–Trinajstić information content (AvgIpc) is 2.61. The van der Waals surface area contributed by atoms with Crippen LogP contribution in [0.25, 0.3) is 0 Å². The lowest BCUT2D eigenvalue weighted by Crippen LogP contribution is -2.34. The summed E-state index contributed by atoms with van der Waals surface area (Å²) in [6.45, 7) is 6.94. The summed E-state index contributed by atoms with van der Waals surface area (Å²) in [5.74, 6) is 1.52. The monoisotopic (exact) mass is 322 g/mol. The molecule has 0 unspecified atom stereocenters. The maximum atomic E-state index is 12.3. The number of amides is 1. The average molecular weight is 323 g/mol. The molecular weight excluding hydrogens is 284 g/mol. The number of carbonyl (C=O) groups is 1. The smallest absolute Gasteiger partial charge is 0.223 e. The lowest BCUT2D eigenvalue weighted by Gasteiger charge is -2.28. The summed E-state index contributed by atoms with van der Waals surface area (Å²) in [6, 6.07) is 0. The van der Waals surface area contributed by atoms with E-state index in [0.29, 0.717) is 11.8 Å². The summed E-state index contributed by atoms with van der Waals surface area (Å²) in [5.41, 5.74) is 0. The molecule has 0 aromatic heterocycles. The van der Waals surface area contributed by atoms with Crippen LogP contribution in [0.1, 0.15) is 84.0 Å². The fourth-order valence-corrected chi connectivity index (χ4v) is 4.21. The van der Waals surface area contributed by atoms with E-state index >= 15 is 0 Å². The summed E-state index contributed by atoms with van der Waals surface area (Å²) < 4.78 is 0. The number of unbranched alkanes of at least 4 members (excludes halogenated alkanes) is 2. The van der Waals surface area contributed by atoms with Gasteiger partial charge in [-0.05, 0) is 76.9 Å². The third-order valence-electron chi connectivity index (χ3n) is 5.83. The number of piperidine rings is 1. The summed E-state index contributed by atoms with van der Waals surface area (Å²) in [6.07, 6.45) is 15.3. The quantitative estimate of drug-likeness (QED) is 0.639. The number of hydrogen-bond donors (Lipinski definition) is 1. The van der Waals surface area contributed by atoms with Crippen LogP contribution < -0.4 is 5.32 Å². The molecule has 2 rings (SSSR count). The summed E-state index contributed by atoms with van der Waals surface area (Å²) in [5, 5.41) is 3.19. The van der Waals surface area contributed by atoms with Gasteiger partial charge < -0.3 is 10.2 Å². The molecule has 3 heteroatoms. The van der Waals surface area contributed by atoms with Crippen molar-refractivity contribution in [3.63, 3.8) is 0 Å². The van der Waals surface area contributed by atoms with Crippen LogP contribution in [-0.2, 0) is 4.79 Å². The lowest BCUT2D eigenvalue weighted by atomic mass is 9.79. The third kappa shape index (κ3) is 7.24. The molecule has 1 N–H and O–H groups in total. The standard InChI is InChI=1S/C20H38N2O/c1-2-3-9-18-10-12-19(13-11-18)20(23)21-14-5-8-17-22-15-6-4-7-16-22/h18-19H,2-17H2,1H3,(H,21,23). The van der Waals surface area contributed by atoms with Gasteiger partial charge in [0.15, 0.2) is 0 Å². The van der Waals surface area contributed by atoms with E-state index in [0.717, 1.165) is 31.7 Å². The highest BCUT2D eigenvalue weighted by Crippen LogP contribution is 2.31. The van der Waals surface area contributed by atoms with Gasteiger partial charge in [-0.15, -0.1) is 0 Å². The summed E-state index contributed by atoms with van der Waals surface area (Å²) in [7, 11) is 0. The van der Waals surface area contributed by atoms with Crippen molar-refractivity contribution in [2.45, 2.75) is 84.0 Å². The maximum absolute atomic E-state index is 12.3. The minimum absolute atomic E-state index is 0.301. The Hall–Kier alpha value is -0.570. The predicted octanol–water partition coefficient (Wildman–Crippen LogP) is 4.37. The van der Waals surface area contributed by atoms with Crippen molar-refractivity contribution < 1.29 is 4.79 Å². The topological polar surface area (TPSA) is 32.3 Å². The molecule has 23 heavy (non-hydrogen) atoms. The van der Waals surface area contributed by atoms with Gasteiger partial charge in [0.1, 0.15) is 0 Å². The number of rotatable bonds is 9. The van der Waals surface area contributed by atoms with Crippen LogP contribution in [0.5, 0.6) is 0 Å². The molecule has 3 nitrogen and oxygen atoms in total. The van der Waals surface area contributed by atoms with E-state index in [1.165, 1.54) is 77.4 Å². The van der Waals surface area contributed by atoms with Crippen LogP contribution in [0.15, 0.2) is 0 Å². The minimum Gasteiger partial charge on any atom is -0.356 e. The van der Waals surface area contributed by atoms with Gasteiger partial charge in [-0.1, -0.05) is 32.6 Å². The van der Waals surface area contributed by atoms with E-state index in [1.807, 2.05) is 0 Å². The minimum atomic E-state index is 0.301. The molecule has 2 aliphatic rings. The van der Waals surface area contributed by atoms with Gasteiger partial charge in [0.25, 0.3) is 0 Å². The first-order valence-corrected chi connectivity index (χ1v) is 10.3. The van der Waals surface area contributed by atoms with Gasteiger partial charge in [-0.2, -0.15) is 0 Å². The van der Waals surface area contributed by atoms with Crippen molar-refractivity contribution >= 4 is 5.91 Å². The lowest BCUT2D eigenvalue weighted by molar-refractivity contribution is -0.126. The number of nitrogens with one attached hydrogen (secondary N) is 1. The Kier molecular flexibility index (Phi) is 9.03. The second kappa shape index (κ2) is 11.1. The highest BCUT2D eigenvalue weighted by Gasteiger charge is 2.25. The second-order valence-corrected chi connectivity index (χ2v) is 7.76. The van der Waals surface area contributed by atoms with Crippen LogP contribution in [-0.4, -0.2) is 37.0 Å². The highest BCUT2D eigenvalue weighted by molar-refractivity contribution is 5.78. The van der Waals surface area contributed by atoms with Crippen molar-refractivity contribution in [2.24, 2.45) is 11.8 Å². The molecule has 0 spiro atoms. The normalized spacial score (nSPS) is 26.1. The number of likely N-dealkylation sites (tertiary alicyclic amines) is 1. The molecule has 2 fully saturated rings. The van der Waals surface area contributed by atoms with Crippen LogP contribution in [0.4, 0.5) is 0 Å². The Bertz CT molecular complexity index is 318. The fourth-order valence-electron chi connectivity index (χ4n) is 4.21. The number of carbonyl (C=O) groups excluding carboxylic acids is 1. The molecule has 1 saturated carbocycles. The van der Waals surface area contributed by atoms with Crippen molar-refractivity contribution in [3.8, 4) is 0 Å². The van der Waals surface area contributed by atoms with E-state index < -0.39 is 0 Å². The molecule has 0 atom stereocenters. The first-order valence-electron chi connectivity index (χ1n) is 10.3. The molecule has 1 aliphatic heterocycles. The largest absolute Gasteiger partial charge is 0.356 e. The number of hydrogen-bond acceptors (Lipinski definition) is 2. The van der Waals surface area contributed by atoms with Crippen molar-refractivity contribution in [3.05, 3.63) is 0 Å². The zero-order valence-corrected chi connectivity index (χ0v) is 15.3. The van der Waals surface area contributed by atoms with Gasteiger partial charge in [-0.3, -0.25) is 4.79 Å². The maximum Gasteiger partial charge on any atom is 0.223 e. The molecule has 0 radical (unpaired) electrons.